The number of carbonyl (C=O) groups excluding carboxylic acids is 2. The summed E-state index contributed by atoms with van der Waals surface area (Å²) in [4.78, 5) is 37.0. The van der Waals surface area contributed by atoms with Gasteiger partial charge in [-0.05, 0) is 44.2 Å². The van der Waals surface area contributed by atoms with Crippen molar-refractivity contribution in [3.8, 4) is 0 Å². The molecule has 0 bridgehead atoms. The van der Waals surface area contributed by atoms with Crippen molar-refractivity contribution in [2.45, 2.75) is 19.0 Å². The second-order valence-electron chi connectivity index (χ2n) is 6.40. The number of carbonyl (C=O) groups is 2. The molecule has 3 rings (SSSR count). The van der Waals surface area contributed by atoms with Crippen LogP contribution in [0, 0.1) is 19.7 Å². The lowest BCUT2D eigenvalue weighted by atomic mass is 10.2. The van der Waals surface area contributed by atoms with Crippen LogP contribution in [-0.4, -0.2) is 63.5 Å². The van der Waals surface area contributed by atoms with Crippen LogP contribution in [0.1, 0.15) is 21.7 Å². The minimum Gasteiger partial charge on any atom is -0.338 e. The van der Waals surface area contributed by atoms with E-state index in [9.17, 15) is 14.0 Å². The molecule has 0 spiro atoms. The van der Waals surface area contributed by atoms with Crippen LogP contribution in [0.3, 0.4) is 0 Å². The van der Waals surface area contributed by atoms with Crippen molar-refractivity contribution in [1.29, 1.82) is 0 Å². The van der Waals surface area contributed by atoms with Crippen LogP contribution in [-0.2, 0) is 4.79 Å². The van der Waals surface area contributed by atoms with E-state index in [0.29, 0.717) is 36.9 Å². The maximum Gasteiger partial charge on any atom is 0.253 e. The summed E-state index contributed by atoms with van der Waals surface area (Å²) >= 11 is 1.33. The summed E-state index contributed by atoms with van der Waals surface area (Å²) in [6, 6.07) is 7.41. The van der Waals surface area contributed by atoms with Crippen molar-refractivity contribution in [3.63, 3.8) is 0 Å². The van der Waals surface area contributed by atoms with Crippen molar-refractivity contribution in [2.24, 2.45) is 0 Å². The molecule has 0 saturated carbocycles. The van der Waals surface area contributed by atoms with E-state index >= 15 is 0 Å². The van der Waals surface area contributed by atoms with E-state index in [0.717, 1.165) is 11.4 Å². The van der Waals surface area contributed by atoms with Gasteiger partial charge in [0.2, 0.25) is 5.91 Å². The lowest BCUT2D eigenvalue weighted by Gasteiger charge is -2.34. The minimum atomic E-state index is -0.368. The molecule has 1 aromatic heterocycles. The topological polar surface area (TPSA) is 66.4 Å². The molecule has 0 N–H and O–H groups in total. The first-order valence-corrected chi connectivity index (χ1v) is 9.68. The van der Waals surface area contributed by atoms with E-state index in [1.807, 2.05) is 19.9 Å². The Morgan fingerprint density at radius 1 is 1.00 bits per heavy atom. The lowest BCUT2D eigenvalue weighted by molar-refractivity contribution is -0.129. The first-order valence-electron chi connectivity index (χ1n) is 8.70. The maximum atomic E-state index is 13.0. The zero-order valence-corrected chi connectivity index (χ0v) is 16.1. The predicted molar refractivity (Wildman–Crippen MR) is 101 cm³/mol. The molecule has 2 aromatic rings. The molecule has 1 aliphatic rings. The second-order valence-corrected chi connectivity index (χ2v) is 7.34. The number of rotatable bonds is 4. The summed E-state index contributed by atoms with van der Waals surface area (Å²) in [6.07, 6.45) is 0. The van der Waals surface area contributed by atoms with Crippen molar-refractivity contribution in [3.05, 3.63) is 53.1 Å². The standard InChI is InChI=1S/C19H21FN4O2S/c1-13-11-14(2)22-19(21-13)27-12-17(25)23-7-9-24(10-8-23)18(26)15-3-5-16(20)6-4-15/h3-6,11H,7-10,12H2,1-2H3. The van der Waals surface area contributed by atoms with Gasteiger partial charge in [-0.25, -0.2) is 14.4 Å². The average molecular weight is 388 g/mol. The Labute approximate surface area is 161 Å². The fourth-order valence-electron chi connectivity index (χ4n) is 2.91. The number of nitrogens with zero attached hydrogens (tertiary/aromatic N) is 4. The molecular formula is C19H21FN4O2S. The molecule has 2 heterocycles. The van der Waals surface area contributed by atoms with Gasteiger partial charge in [-0.1, -0.05) is 11.8 Å². The SMILES string of the molecule is Cc1cc(C)nc(SCC(=O)N2CCN(C(=O)c3ccc(F)cc3)CC2)n1. The third-order valence-electron chi connectivity index (χ3n) is 4.30. The van der Waals surface area contributed by atoms with Crippen LogP contribution in [0.4, 0.5) is 4.39 Å². The van der Waals surface area contributed by atoms with Crippen molar-refractivity contribution < 1.29 is 14.0 Å². The number of halogens is 1. The van der Waals surface area contributed by atoms with Crippen LogP contribution in [0.2, 0.25) is 0 Å². The van der Waals surface area contributed by atoms with Gasteiger partial charge in [-0.3, -0.25) is 9.59 Å². The summed E-state index contributed by atoms with van der Waals surface area (Å²) in [7, 11) is 0. The largest absolute Gasteiger partial charge is 0.338 e. The number of amides is 2. The smallest absolute Gasteiger partial charge is 0.253 e. The monoisotopic (exact) mass is 388 g/mol. The van der Waals surface area contributed by atoms with E-state index in [1.54, 1.807) is 9.80 Å². The zero-order chi connectivity index (χ0) is 19.4. The van der Waals surface area contributed by atoms with Gasteiger partial charge in [-0.2, -0.15) is 0 Å². The number of benzene rings is 1. The summed E-state index contributed by atoms with van der Waals surface area (Å²) in [5.41, 5.74) is 2.22. The van der Waals surface area contributed by atoms with Gasteiger partial charge in [0.25, 0.3) is 5.91 Å². The van der Waals surface area contributed by atoms with E-state index in [4.69, 9.17) is 0 Å². The number of thioether (sulfide) groups is 1. The van der Waals surface area contributed by atoms with Gasteiger partial charge in [0.05, 0.1) is 5.75 Å². The fourth-order valence-corrected chi connectivity index (χ4v) is 3.76. The van der Waals surface area contributed by atoms with Crippen molar-refractivity contribution >= 4 is 23.6 Å². The highest BCUT2D eigenvalue weighted by atomic mass is 32.2. The second kappa shape index (κ2) is 8.47. The molecule has 8 heteroatoms. The molecule has 142 valence electrons. The first-order chi connectivity index (χ1) is 12.9. The number of piperazine rings is 1. The van der Waals surface area contributed by atoms with Crippen molar-refractivity contribution in [1.82, 2.24) is 19.8 Å². The van der Waals surface area contributed by atoms with Gasteiger partial charge in [0, 0.05) is 43.1 Å². The highest BCUT2D eigenvalue weighted by Crippen LogP contribution is 2.16. The van der Waals surface area contributed by atoms with E-state index in [-0.39, 0.29) is 23.4 Å². The molecule has 1 fully saturated rings. The predicted octanol–water partition coefficient (Wildman–Crippen LogP) is 2.31. The van der Waals surface area contributed by atoms with Gasteiger partial charge in [0.15, 0.2) is 5.16 Å². The quantitative estimate of drug-likeness (QED) is 0.594. The Morgan fingerprint density at radius 3 is 2.15 bits per heavy atom. The number of aromatic nitrogens is 2. The van der Waals surface area contributed by atoms with Gasteiger partial charge in [-0.15, -0.1) is 0 Å². The molecule has 2 amide bonds. The van der Waals surface area contributed by atoms with Gasteiger partial charge in [0.1, 0.15) is 5.82 Å². The summed E-state index contributed by atoms with van der Waals surface area (Å²) in [5, 5.41) is 0.603. The molecular weight excluding hydrogens is 367 g/mol. The Morgan fingerprint density at radius 2 is 1.56 bits per heavy atom. The molecule has 1 aliphatic heterocycles. The van der Waals surface area contributed by atoms with Crippen LogP contribution >= 0.6 is 11.8 Å². The Bertz CT molecular complexity index is 816. The van der Waals surface area contributed by atoms with E-state index in [2.05, 4.69) is 9.97 Å². The van der Waals surface area contributed by atoms with Crippen molar-refractivity contribution in [2.75, 3.05) is 31.9 Å². The number of hydrogen-bond acceptors (Lipinski definition) is 5. The highest BCUT2D eigenvalue weighted by molar-refractivity contribution is 7.99. The van der Waals surface area contributed by atoms with Crippen LogP contribution < -0.4 is 0 Å². The third-order valence-corrected chi connectivity index (χ3v) is 5.13. The van der Waals surface area contributed by atoms with Crippen LogP contribution in [0.15, 0.2) is 35.5 Å². The normalized spacial score (nSPS) is 14.3. The third kappa shape index (κ3) is 5.03. The Balaban J connectivity index is 1.50. The molecule has 1 saturated heterocycles. The zero-order valence-electron chi connectivity index (χ0n) is 15.3. The first kappa shape index (κ1) is 19.3. The van der Waals surface area contributed by atoms with E-state index in [1.165, 1.54) is 36.0 Å². The van der Waals surface area contributed by atoms with Gasteiger partial charge < -0.3 is 9.80 Å². The molecule has 0 atom stereocenters. The maximum absolute atomic E-state index is 13.0. The highest BCUT2D eigenvalue weighted by Gasteiger charge is 2.25. The molecule has 6 nitrogen and oxygen atoms in total. The molecule has 27 heavy (non-hydrogen) atoms. The summed E-state index contributed by atoms with van der Waals surface area (Å²) in [5.74, 6) is -0.224. The number of hydrogen-bond donors (Lipinski definition) is 0. The summed E-state index contributed by atoms with van der Waals surface area (Å²) in [6.45, 7) is 5.70. The molecule has 1 aromatic carbocycles. The van der Waals surface area contributed by atoms with E-state index < -0.39 is 0 Å². The number of aryl methyl sites for hydroxylation is 2. The lowest BCUT2D eigenvalue weighted by Crippen LogP contribution is -2.51. The molecule has 0 unspecified atom stereocenters. The average Bonchev–Trinajstić information content (AvgIpc) is 2.65. The molecule has 0 aliphatic carbocycles. The van der Waals surface area contributed by atoms with Gasteiger partial charge >= 0.3 is 0 Å². The minimum absolute atomic E-state index is 0.0108. The Hall–Kier alpha value is -2.48. The van der Waals surface area contributed by atoms with Crippen LogP contribution in [0.25, 0.3) is 0 Å². The molecule has 0 radical (unpaired) electrons. The fraction of sp³-hybridized carbons (Fsp3) is 0.368. The Kier molecular flexibility index (Phi) is 6.05. The van der Waals surface area contributed by atoms with Crippen LogP contribution in [0.5, 0.6) is 0 Å². The summed E-state index contributed by atoms with van der Waals surface area (Å²) < 4.78 is 13.0.